The maximum atomic E-state index is 11.6. The number of hydrogen-bond acceptors (Lipinski definition) is 2. The van der Waals surface area contributed by atoms with Crippen molar-refractivity contribution in [2.45, 2.75) is 25.8 Å². The Kier molecular flexibility index (Phi) is 2.73. The fourth-order valence-electron chi connectivity index (χ4n) is 2.02. The smallest absolute Gasteiger partial charge is 0.227 e. The minimum atomic E-state index is -0.0328. The Hall–Kier alpha value is -1.35. The molecule has 1 unspecified atom stereocenters. The van der Waals surface area contributed by atoms with E-state index in [-0.39, 0.29) is 11.9 Å². The quantitative estimate of drug-likeness (QED) is 0.799. The number of hydrogen-bond donors (Lipinski definition) is 1. The highest BCUT2D eigenvalue weighted by Crippen LogP contribution is 2.28. The predicted molar refractivity (Wildman–Crippen MR) is 60.6 cm³/mol. The number of rotatable bonds is 2. The number of nitrogens with two attached hydrogens (primary N) is 1. The van der Waals surface area contributed by atoms with Crippen LogP contribution < -0.4 is 10.6 Å². The molecule has 1 saturated heterocycles. The molecule has 0 bridgehead atoms. The minimum absolute atomic E-state index is 0.0328. The minimum Gasteiger partial charge on any atom is -0.324 e. The zero-order chi connectivity index (χ0) is 10.8. The molecule has 1 aliphatic rings. The average Bonchev–Trinajstić information content (AvgIpc) is 2.64. The highest BCUT2D eigenvalue weighted by molar-refractivity contribution is 5.96. The van der Waals surface area contributed by atoms with E-state index >= 15 is 0 Å². The third kappa shape index (κ3) is 1.88. The molecule has 1 aliphatic heterocycles. The number of anilines is 1. The first-order valence-electron chi connectivity index (χ1n) is 5.35. The lowest BCUT2D eigenvalue weighted by Gasteiger charge is -2.21. The number of carbonyl (C=O) groups is 1. The van der Waals surface area contributed by atoms with Crippen LogP contribution in [0, 0.1) is 0 Å². The summed E-state index contributed by atoms with van der Waals surface area (Å²) in [5, 5.41) is 0. The number of nitrogens with zero attached hydrogens (tertiary/aromatic N) is 1. The molecule has 1 aromatic carbocycles. The second-order valence-electron chi connectivity index (χ2n) is 4.00. The summed E-state index contributed by atoms with van der Waals surface area (Å²) in [6.45, 7) is 2.77. The van der Waals surface area contributed by atoms with Crippen LogP contribution in [0.4, 0.5) is 5.69 Å². The van der Waals surface area contributed by atoms with Crippen LogP contribution in [0.25, 0.3) is 0 Å². The van der Waals surface area contributed by atoms with E-state index in [1.807, 2.05) is 36.1 Å². The summed E-state index contributed by atoms with van der Waals surface area (Å²) in [6, 6.07) is 7.85. The lowest BCUT2D eigenvalue weighted by molar-refractivity contribution is -0.117. The van der Waals surface area contributed by atoms with Gasteiger partial charge in [-0.15, -0.1) is 0 Å². The topological polar surface area (TPSA) is 46.3 Å². The number of benzene rings is 1. The van der Waals surface area contributed by atoms with Crippen LogP contribution in [0.3, 0.4) is 0 Å². The van der Waals surface area contributed by atoms with E-state index in [0.717, 1.165) is 24.2 Å². The van der Waals surface area contributed by atoms with Gasteiger partial charge >= 0.3 is 0 Å². The van der Waals surface area contributed by atoms with Crippen LogP contribution in [0.5, 0.6) is 0 Å². The molecule has 0 aliphatic carbocycles. The normalized spacial score (nSPS) is 18.3. The lowest BCUT2D eigenvalue weighted by Crippen LogP contribution is -2.26. The van der Waals surface area contributed by atoms with Crippen molar-refractivity contribution in [1.29, 1.82) is 0 Å². The van der Waals surface area contributed by atoms with E-state index in [0.29, 0.717) is 6.42 Å². The van der Waals surface area contributed by atoms with Gasteiger partial charge in [0.15, 0.2) is 0 Å². The maximum Gasteiger partial charge on any atom is 0.227 e. The molecule has 3 nitrogen and oxygen atoms in total. The predicted octanol–water partition coefficient (Wildman–Crippen LogP) is 1.83. The second-order valence-corrected chi connectivity index (χ2v) is 4.00. The fourth-order valence-corrected chi connectivity index (χ4v) is 2.02. The Labute approximate surface area is 89.9 Å². The monoisotopic (exact) mass is 204 g/mol. The molecular weight excluding hydrogens is 188 g/mol. The van der Waals surface area contributed by atoms with Gasteiger partial charge in [0.25, 0.3) is 0 Å². The zero-order valence-electron chi connectivity index (χ0n) is 8.94. The Morgan fingerprint density at radius 3 is 2.73 bits per heavy atom. The Morgan fingerprint density at radius 2 is 2.13 bits per heavy atom. The molecule has 0 saturated carbocycles. The molecule has 2 rings (SSSR count). The van der Waals surface area contributed by atoms with Gasteiger partial charge in [0, 0.05) is 24.7 Å². The van der Waals surface area contributed by atoms with Gasteiger partial charge in [-0.05, 0) is 25.0 Å². The van der Waals surface area contributed by atoms with Crippen molar-refractivity contribution in [2.24, 2.45) is 5.73 Å². The largest absolute Gasteiger partial charge is 0.324 e. The van der Waals surface area contributed by atoms with Crippen LogP contribution in [0.2, 0.25) is 0 Å². The molecule has 0 aromatic heterocycles. The molecule has 1 aromatic rings. The van der Waals surface area contributed by atoms with Gasteiger partial charge in [-0.2, -0.15) is 0 Å². The summed E-state index contributed by atoms with van der Waals surface area (Å²) >= 11 is 0. The van der Waals surface area contributed by atoms with E-state index in [2.05, 4.69) is 0 Å². The molecule has 0 spiro atoms. The van der Waals surface area contributed by atoms with Crippen LogP contribution in [-0.2, 0) is 4.79 Å². The molecule has 2 N–H and O–H groups in total. The molecule has 3 heteroatoms. The molecular formula is C12H16N2O. The number of para-hydroxylation sites is 1. The molecule has 1 heterocycles. The fraction of sp³-hybridized carbons (Fsp3) is 0.417. The first-order valence-corrected chi connectivity index (χ1v) is 5.35. The van der Waals surface area contributed by atoms with Crippen LogP contribution in [-0.4, -0.2) is 12.5 Å². The van der Waals surface area contributed by atoms with Crippen molar-refractivity contribution in [2.75, 3.05) is 11.4 Å². The van der Waals surface area contributed by atoms with Gasteiger partial charge in [-0.25, -0.2) is 0 Å². The zero-order valence-corrected chi connectivity index (χ0v) is 8.94. The van der Waals surface area contributed by atoms with Gasteiger partial charge in [0.2, 0.25) is 5.91 Å². The summed E-state index contributed by atoms with van der Waals surface area (Å²) in [6.07, 6.45) is 1.61. The van der Waals surface area contributed by atoms with E-state index in [1.165, 1.54) is 0 Å². The Morgan fingerprint density at radius 1 is 1.40 bits per heavy atom. The lowest BCUT2D eigenvalue weighted by atomic mass is 10.1. The summed E-state index contributed by atoms with van der Waals surface area (Å²) < 4.78 is 0. The van der Waals surface area contributed by atoms with E-state index in [9.17, 15) is 4.79 Å². The van der Waals surface area contributed by atoms with Crippen molar-refractivity contribution in [1.82, 2.24) is 0 Å². The van der Waals surface area contributed by atoms with E-state index in [4.69, 9.17) is 5.73 Å². The van der Waals surface area contributed by atoms with Gasteiger partial charge in [0.1, 0.15) is 0 Å². The molecule has 1 amide bonds. The maximum absolute atomic E-state index is 11.6. The summed E-state index contributed by atoms with van der Waals surface area (Å²) in [4.78, 5) is 13.5. The summed E-state index contributed by atoms with van der Waals surface area (Å²) in [5.41, 5.74) is 7.92. The van der Waals surface area contributed by atoms with Crippen molar-refractivity contribution >= 4 is 11.6 Å². The SMILES string of the molecule is CC(N)c1ccccc1N1CCCC1=O. The molecule has 80 valence electrons. The van der Waals surface area contributed by atoms with E-state index in [1.54, 1.807) is 0 Å². The second kappa shape index (κ2) is 4.03. The van der Waals surface area contributed by atoms with Gasteiger partial charge in [0.05, 0.1) is 0 Å². The molecule has 1 atom stereocenters. The summed E-state index contributed by atoms with van der Waals surface area (Å²) in [7, 11) is 0. The Bertz CT molecular complexity index is 374. The molecule has 0 radical (unpaired) electrons. The highest BCUT2D eigenvalue weighted by Gasteiger charge is 2.24. The van der Waals surface area contributed by atoms with Crippen LogP contribution in [0.15, 0.2) is 24.3 Å². The average molecular weight is 204 g/mol. The van der Waals surface area contributed by atoms with Gasteiger partial charge in [-0.1, -0.05) is 18.2 Å². The van der Waals surface area contributed by atoms with Crippen molar-refractivity contribution in [3.05, 3.63) is 29.8 Å². The first-order chi connectivity index (χ1) is 7.20. The standard InChI is InChI=1S/C12H16N2O/c1-9(13)10-5-2-3-6-11(10)14-8-4-7-12(14)15/h2-3,5-6,9H,4,7-8,13H2,1H3. The Balaban J connectivity index is 2.38. The molecule has 1 fully saturated rings. The van der Waals surface area contributed by atoms with Crippen LogP contribution in [0.1, 0.15) is 31.4 Å². The van der Waals surface area contributed by atoms with Crippen molar-refractivity contribution in [3.63, 3.8) is 0 Å². The summed E-state index contributed by atoms with van der Waals surface area (Å²) in [5.74, 6) is 0.211. The highest BCUT2D eigenvalue weighted by atomic mass is 16.2. The van der Waals surface area contributed by atoms with E-state index < -0.39 is 0 Å². The third-order valence-corrected chi connectivity index (χ3v) is 2.79. The number of amides is 1. The van der Waals surface area contributed by atoms with Gasteiger partial charge < -0.3 is 10.6 Å². The van der Waals surface area contributed by atoms with Gasteiger partial charge in [-0.3, -0.25) is 4.79 Å². The molecule has 15 heavy (non-hydrogen) atoms. The van der Waals surface area contributed by atoms with Crippen molar-refractivity contribution < 1.29 is 4.79 Å². The first kappa shape index (κ1) is 10.2. The third-order valence-electron chi connectivity index (χ3n) is 2.79. The number of carbonyl (C=O) groups excluding carboxylic acids is 1. The van der Waals surface area contributed by atoms with Crippen LogP contribution >= 0.6 is 0 Å². The van der Waals surface area contributed by atoms with Crippen molar-refractivity contribution in [3.8, 4) is 0 Å².